The van der Waals surface area contributed by atoms with Gasteiger partial charge in [0.1, 0.15) is 6.61 Å². The van der Waals surface area contributed by atoms with E-state index in [4.69, 9.17) is 9.47 Å². The van der Waals surface area contributed by atoms with Gasteiger partial charge in [0.2, 0.25) is 0 Å². The molecule has 0 radical (unpaired) electrons. The van der Waals surface area contributed by atoms with Crippen LogP contribution in [0.3, 0.4) is 0 Å². The fourth-order valence-corrected chi connectivity index (χ4v) is 3.12. The molecule has 1 saturated heterocycles. The molecule has 1 fully saturated rings. The van der Waals surface area contributed by atoms with Crippen molar-refractivity contribution in [2.75, 3.05) is 24.6 Å². The zero-order valence-corrected chi connectivity index (χ0v) is 12.9. The summed E-state index contributed by atoms with van der Waals surface area (Å²) in [6.07, 6.45) is 0. The molecule has 4 nitrogen and oxygen atoms in total. The van der Waals surface area contributed by atoms with Crippen molar-refractivity contribution in [3.63, 3.8) is 0 Å². The summed E-state index contributed by atoms with van der Waals surface area (Å²) in [4.78, 5) is 13.8. The number of cyclic esters (lactones) is 1. The second-order valence-corrected chi connectivity index (χ2v) is 6.19. The number of carbonyl (C=O) groups is 1. The van der Waals surface area contributed by atoms with Crippen molar-refractivity contribution >= 4 is 11.7 Å². The summed E-state index contributed by atoms with van der Waals surface area (Å²) in [5, 5.41) is 0. The van der Waals surface area contributed by atoms with Gasteiger partial charge in [-0.3, -0.25) is 0 Å². The van der Waals surface area contributed by atoms with Crippen LogP contribution in [0.5, 0.6) is 0 Å². The van der Waals surface area contributed by atoms with Crippen LogP contribution in [0, 0.1) is 5.92 Å². The monoisotopic (exact) mass is 309 g/mol. The minimum Gasteiger partial charge on any atom is -0.457 e. The smallest absolute Gasteiger partial charge is 0.338 e. The normalized spacial score (nSPS) is 16.9. The van der Waals surface area contributed by atoms with E-state index < -0.39 is 0 Å². The van der Waals surface area contributed by atoms with E-state index in [9.17, 15) is 4.79 Å². The summed E-state index contributed by atoms with van der Waals surface area (Å²) < 4.78 is 10.9. The summed E-state index contributed by atoms with van der Waals surface area (Å²) in [6, 6.07) is 16.2. The molecule has 118 valence electrons. The van der Waals surface area contributed by atoms with Gasteiger partial charge in [0.05, 0.1) is 18.8 Å². The molecule has 2 aromatic rings. The van der Waals surface area contributed by atoms with Gasteiger partial charge in [0, 0.05) is 30.3 Å². The predicted molar refractivity (Wildman–Crippen MR) is 87.4 cm³/mol. The van der Waals surface area contributed by atoms with Crippen molar-refractivity contribution in [2.24, 2.45) is 5.92 Å². The average Bonchev–Trinajstić information content (AvgIpc) is 2.91. The van der Waals surface area contributed by atoms with Gasteiger partial charge in [-0.25, -0.2) is 4.79 Å². The highest BCUT2D eigenvalue weighted by Gasteiger charge is 2.29. The number of hydrogen-bond donors (Lipinski definition) is 0. The molecule has 0 saturated carbocycles. The van der Waals surface area contributed by atoms with Crippen molar-refractivity contribution in [3.05, 3.63) is 65.2 Å². The Morgan fingerprint density at radius 1 is 1.13 bits per heavy atom. The molecule has 0 bridgehead atoms. The largest absolute Gasteiger partial charge is 0.457 e. The SMILES string of the molecule is O=C1OCc2cc(N3CC(COCc4ccccc4)C3)ccc21. The zero-order chi connectivity index (χ0) is 15.6. The van der Waals surface area contributed by atoms with Crippen LogP contribution >= 0.6 is 0 Å². The number of carbonyl (C=O) groups excluding carboxylic acids is 1. The van der Waals surface area contributed by atoms with Gasteiger partial charge >= 0.3 is 5.97 Å². The van der Waals surface area contributed by atoms with Gasteiger partial charge in [-0.05, 0) is 23.8 Å². The summed E-state index contributed by atoms with van der Waals surface area (Å²) >= 11 is 0. The molecule has 2 aliphatic heterocycles. The summed E-state index contributed by atoms with van der Waals surface area (Å²) in [5.74, 6) is 0.368. The Hall–Kier alpha value is -2.33. The standard InChI is InChI=1S/C19H19NO3/c21-19-18-7-6-17(8-16(18)13-23-19)20-9-15(10-20)12-22-11-14-4-2-1-3-5-14/h1-8,15H,9-13H2. The highest BCUT2D eigenvalue weighted by Crippen LogP contribution is 2.29. The third-order valence-corrected chi connectivity index (χ3v) is 4.45. The highest BCUT2D eigenvalue weighted by atomic mass is 16.5. The Labute approximate surface area is 135 Å². The molecule has 0 N–H and O–H groups in total. The molecule has 0 unspecified atom stereocenters. The zero-order valence-electron chi connectivity index (χ0n) is 12.9. The molecular formula is C19H19NO3. The van der Waals surface area contributed by atoms with E-state index in [1.807, 2.05) is 30.3 Å². The van der Waals surface area contributed by atoms with Crippen LogP contribution in [0.25, 0.3) is 0 Å². The third-order valence-electron chi connectivity index (χ3n) is 4.45. The van der Waals surface area contributed by atoms with Crippen LogP contribution in [-0.4, -0.2) is 25.7 Å². The van der Waals surface area contributed by atoms with Gasteiger partial charge in [-0.1, -0.05) is 30.3 Å². The lowest BCUT2D eigenvalue weighted by Crippen LogP contribution is -2.48. The van der Waals surface area contributed by atoms with Gasteiger partial charge < -0.3 is 14.4 Å². The third kappa shape index (κ3) is 2.94. The lowest BCUT2D eigenvalue weighted by atomic mass is 9.99. The van der Waals surface area contributed by atoms with Crippen LogP contribution in [0.15, 0.2) is 48.5 Å². The first-order valence-corrected chi connectivity index (χ1v) is 7.96. The molecule has 23 heavy (non-hydrogen) atoms. The van der Waals surface area contributed by atoms with E-state index in [2.05, 4.69) is 23.1 Å². The van der Waals surface area contributed by atoms with Gasteiger partial charge in [-0.2, -0.15) is 0 Å². The first-order chi connectivity index (χ1) is 11.3. The number of anilines is 1. The number of fused-ring (bicyclic) bond motifs is 1. The molecule has 0 atom stereocenters. The van der Waals surface area contributed by atoms with E-state index in [0.29, 0.717) is 24.7 Å². The van der Waals surface area contributed by atoms with Crippen LogP contribution < -0.4 is 4.90 Å². The fourth-order valence-electron chi connectivity index (χ4n) is 3.12. The molecule has 2 heterocycles. The van der Waals surface area contributed by atoms with Crippen LogP contribution in [0.2, 0.25) is 0 Å². The predicted octanol–water partition coefficient (Wildman–Crippen LogP) is 3.01. The van der Waals surface area contributed by atoms with E-state index in [-0.39, 0.29) is 5.97 Å². The fraction of sp³-hybridized carbons (Fsp3) is 0.316. The van der Waals surface area contributed by atoms with Gasteiger partial charge in [0.15, 0.2) is 0 Å². The first-order valence-electron chi connectivity index (χ1n) is 7.96. The number of nitrogens with zero attached hydrogens (tertiary/aromatic N) is 1. The van der Waals surface area contributed by atoms with Gasteiger partial charge in [0.25, 0.3) is 0 Å². The molecule has 4 heteroatoms. The topological polar surface area (TPSA) is 38.8 Å². The second kappa shape index (κ2) is 6.05. The number of benzene rings is 2. The van der Waals surface area contributed by atoms with E-state index in [1.54, 1.807) is 0 Å². The molecule has 2 aromatic carbocycles. The Morgan fingerprint density at radius 3 is 2.78 bits per heavy atom. The number of ether oxygens (including phenoxy) is 2. The molecular weight excluding hydrogens is 290 g/mol. The average molecular weight is 309 g/mol. The Balaban J connectivity index is 1.26. The minimum absolute atomic E-state index is 0.206. The van der Waals surface area contributed by atoms with Crippen LogP contribution in [-0.2, 0) is 22.7 Å². The van der Waals surface area contributed by atoms with E-state index >= 15 is 0 Å². The quantitative estimate of drug-likeness (QED) is 0.796. The highest BCUT2D eigenvalue weighted by molar-refractivity contribution is 5.93. The number of rotatable bonds is 5. The molecule has 0 aliphatic carbocycles. The van der Waals surface area contributed by atoms with Crippen molar-refractivity contribution in [3.8, 4) is 0 Å². The molecule has 0 aromatic heterocycles. The Morgan fingerprint density at radius 2 is 1.96 bits per heavy atom. The minimum atomic E-state index is -0.206. The Bertz CT molecular complexity index is 708. The van der Waals surface area contributed by atoms with Crippen molar-refractivity contribution < 1.29 is 14.3 Å². The van der Waals surface area contributed by atoms with Crippen LogP contribution in [0.4, 0.5) is 5.69 Å². The maximum Gasteiger partial charge on any atom is 0.338 e. The van der Waals surface area contributed by atoms with Crippen LogP contribution in [0.1, 0.15) is 21.5 Å². The molecule has 4 rings (SSSR count). The summed E-state index contributed by atoms with van der Waals surface area (Å²) in [5.41, 5.74) is 4.08. The first kappa shape index (κ1) is 14.3. The maximum atomic E-state index is 11.5. The van der Waals surface area contributed by atoms with E-state index in [0.717, 1.165) is 25.3 Å². The Kier molecular flexibility index (Phi) is 3.75. The summed E-state index contributed by atoms with van der Waals surface area (Å²) in [7, 11) is 0. The maximum absolute atomic E-state index is 11.5. The lowest BCUT2D eigenvalue weighted by Gasteiger charge is -2.41. The number of esters is 1. The molecule has 2 aliphatic rings. The van der Waals surface area contributed by atoms with Crippen molar-refractivity contribution in [1.82, 2.24) is 0 Å². The van der Waals surface area contributed by atoms with Crippen molar-refractivity contribution in [2.45, 2.75) is 13.2 Å². The molecule has 0 spiro atoms. The second-order valence-electron chi connectivity index (χ2n) is 6.19. The summed E-state index contributed by atoms with van der Waals surface area (Å²) in [6.45, 7) is 3.87. The molecule has 0 amide bonds. The van der Waals surface area contributed by atoms with Gasteiger partial charge in [-0.15, -0.1) is 0 Å². The number of hydrogen-bond acceptors (Lipinski definition) is 4. The lowest BCUT2D eigenvalue weighted by molar-refractivity contribution is 0.0535. The van der Waals surface area contributed by atoms with E-state index in [1.165, 1.54) is 11.3 Å². The van der Waals surface area contributed by atoms with Crippen molar-refractivity contribution in [1.29, 1.82) is 0 Å².